The van der Waals surface area contributed by atoms with Crippen LogP contribution in [0.2, 0.25) is 0 Å². The van der Waals surface area contributed by atoms with E-state index >= 15 is 0 Å². The molecule has 2 aromatic heterocycles. The number of anilines is 3. The summed E-state index contributed by atoms with van der Waals surface area (Å²) >= 11 is 0. The van der Waals surface area contributed by atoms with Gasteiger partial charge in [-0.1, -0.05) is 23.8 Å². The molecular formula is C15H14N4. The molecule has 3 N–H and O–H groups in total. The number of nitrogens with one attached hydrogen (secondary N) is 1. The smallest absolute Gasteiger partial charge is 0.139 e. The Morgan fingerprint density at radius 1 is 1.11 bits per heavy atom. The number of aromatic nitrogens is 2. The van der Waals surface area contributed by atoms with E-state index in [1.807, 2.05) is 18.2 Å². The summed E-state index contributed by atoms with van der Waals surface area (Å²) in [4.78, 5) is 8.61. The molecule has 94 valence electrons. The van der Waals surface area contributed by atoms with Crippen LogP contribution in [-0.4, -0.2) is 9.97 Å². The lowest BCUT2D eigenvalue weighted by Crippen LogP contribution is -1.99. The zero-order valence-electron chi connectivity index (χ0n) is 10.6. The Balaban J connectivity index is 2.07. The maximum absolute atomic E-state index is 5.68. The molecule has 0 amide bonds. The van der Waals surface area contributed by atoms with Crippen molar-refractivity contribution in [3.05, 3.63) is 54.2 Å². The topological polar surface area (TPSA) is 63.8 Å². The van der Waals surface area contributed by atoms with Crippen molar-refractivity contribution in [3.63, 3.8) is 0 Å². The molecule has 0 saturated carbocycles. The third-order valence-electron chi connectivity index (χ3n) is 2.94. The van der Waals surface area contributed by atoms with Crippen LogP contribution in [0.5, 0.6) is 0 Å². The van der Waals surface area contributed by atoms with Crippen LogP contribution in [0.3, 0.4) is 0 Å². The fourth-order valence-electron chi connectivity index (χ4n) is 2.02. The van der Waals surface area contributed by atoms with Gasteiger partial charge in [-0.05, 0) is 36.6 Å². The lowest BCUT2D eigenvalue weighted by atomic mass is 10.1. The highest BCUT2D eigenvalue weighted by atomic mass is 15.1. The first-order valence-electron chi connectivity index (χ1n) is 6.07. The molecule has 19 heavy (non-hydrogen) atoms. The second kappa shape index (κ2) is 4.57. The average Bonchev–Trinajstić information content (AvgIpc) is 2.39. The molecule has 0 aliphatic carbocycles. The van der Waals surface area contributed by atoms with Crippen LogP contribution < -0.4 is 11.1 Å². The molecule has 0 aliphatic heterocycles. The molecule has 0 unspecified atom stereocenters. The highest BCUT2D eigenvalue weighted by molar-refractivity contribution is 5.93. The first-order valence-corrected chi connectivity index (χ1v) is 6.07. The van der Waals surface area contributed by atoms with Gasteiger partial charge < -0.3 is 11.1 Å². The van der Waals surface area contributed by atoms with E-state index in [-0.39, 0.29) is 0 Å². The standard InChI is InChI=1S/C15H14N4/c1-10-5-6-11-7-8-17-15(12(11)9-10)19-14-4-2-3-13(16)18-14/h2-9H,1H3,(H3,16,17,18,19). The molecule has 0 saturated heterocycles. The van der Waals surface area contributed by atoms with Crippen LogP contribution in [-0.2, 0) is 0 Å². The van der Waals surface area contributed by atoms with Crippen LogP contribution in [0, 0.1) is 6.92 Å². The zero-order chi connectivity index (χ0) is 13.2. The number of hydrogen-bond acceptors (Lipinski definition) is 4. The summed E-state index contributed by atoms with van der Waals surface area (Å²) in [6, 6.07) is 13.8. The predicted octanol–water partition coefficient (Wildman–Crippen LogP) is 3.26. The third-order valence-corrected chi connectivity index (χ3v) is 2.94. The molecule has 3 rings (SSSR count). The molecule has 0 spiro atoms. The molecule has 2 heterocycles. The summed E-state index contributed by atoms with van der Waals surface area (Å²) in [5.74, 6) is 1.97. The third kappa shape index (κ3) is 2.33. The molecule has 1 aromatic carbocycles. The van der Waals surface area contributed by atoms with E-state index in [9.17, 15) is 0 Å². The number of fused-ring (bicyclic) bond motifs is 1. The van der Waals surface area contributed by atoms with Gasteiger partial charge in [0.25, 0.3) is 0 Å². The van der Waals surface area contributed by atoms with Gasteiger partial charge in [0.1, 0.15) is 17.5 Å². The zero-order valence-corrected chi connectivity index (χ0v) is 10.6. The lowest BCUT2D eigenvalue weighted by Gasteiger charge is -2.09. The van der Waals surface area contributed by atoms with Crippen molar-refractivity contribution in [3.8, 4) is 0 Å². The predicted molar refractivity (Wildman–Crippen MR) is 78.4 cm³/mol. The summed E-state index contributed by atoms with van der Waals surface area (Å²) in [7, 11) is 0. The fourth-order valence-corrected chi connectivity index (χ4v) is 2.02. The average molecular weight is 250 g/mol. The van der Waals surface area contributed by atoms with E-state index in [0.29, 0.717) is 11.6 Å². The number of rotatable bonds is 2. The Kier molecular flexibility index (Phi) is 2.76. The van der Waals surface area contributed by atoms with Gasteiger partial charge in [0.2, 0.25) is 0 Å². The normalized spacial score (nSPS) is 10.6. The summed E-state index contributed by atoms with van der Waals surface area (Å²) in [6.07, 6.45) is 1.78. The highest BCUT2D eigenvalue weighted by Gasteiger charge is 2.04. The first kappa shape index (κ1) is 11.5. The second-order valence-corrected chi connectivity index (χ2v) is 4.46. The van der Waals surface area contributed by atoms with Gasteiger partial charge in [0.15, 0.2) is 0 Å². The monoisotopic (exact) mass is 250 g/mol. The van der Waals surface area contributed by atoms with Gasteiger partial charge in [-0.2, -0.15) is 0 Å². The highest BCUT2D eigenvalue weighted by Crippen LogP contribution is 2.24. The van der Waals surface area contributed by atoms with E-state index in [0.717, 1.165) is 16.6 Å². The van der Waals surface area contributed by atoms with Crippen LogP contribution in [0.4, 0.5) is 17.5 Å². The molecule has 0 bridgehead atoms. The summed E-state index contributed by atoms with van der Waals surface area (Å²) in [5, 5.41) is 5.43. The van der Waals surface area contributed by atoms with Crippen molar-refractivity contribution in [2.45, 2.75) is 6.92 Å². The summed E-state index contributed by atoms with van der Waals surface area (Å²) in [6.45, 7) is 2.06. The minimum Gasteiger partial charge on any atom is -0.384 e. The van der Waals surface area contributed by atoms with Gasteiger partial charge in [-0.15, -0.1) is 0 Å². The number of hydrogen-bond donors (Lipinski definition) is 2. The quantitative estimate of drug-likeness (QED) is 0.732. The Bertz CT molecular complexity index is 737. The number of nitrogens with two attached hydrogens (primary N) is 1. The van der Waals surface area contributed by atoms with Crippen molar-refractivity contribution in [2.75, 3.05) is 11.1 Å². The summed E-state index contributed by atoms with van der Waals surface area (Å²) in [5.41, 5.74) is 6.88. The van der Waals surface area contributed by atoms with Crippen molar-refractivity contribution in [1.29, 1.82) is 0 Å². The van der Waals surface area contributed by atoms with Gasteiger partial charge in [-0.25, -0.2) is 9.97 Å². The number of pyridine rings is 2. The largest absolute Gasteiger partial charge is 0.384 e. The SMILES string of the molecule is Cc1ccc2ccnc(Nc3cccc(N)n3)c2c1. The molecule has 0 aliphatic rings. The van der Waals surface area contributed by atoms with Crippen LogP contribution >= 0.6 is 0 Å². The fraction of sp³-hybridized carbons (Fsp3) is 0.0667. The van der Waals surface area contributed by atoms with E-state index in [1.54, 1.807) is 12.3 Å². The maximum Gasteiger partial charge on any atom is 0.139 e. The summed E-state index contributed by atoms with van der Waals surface area (Å²) < 4.78 is 0. The Hall–Kier alpha value is -2.62. The number of benzene rings is 1. The number of nitrogen functional groups attached to an aromatic ring is 1. The maximum atomic E-state index is 5.68. The van der Waals surface area contributed by atoms with Crippen molar-refractivity contribution in [2.24, 2.45) is 0 Å². The molecule has 4 heteroatoms. The minimum absolute atomic E-state index is 0.487. The Morgan fingerprint density at radius 3 is 2.84 bits per heavy atom. The van der Waals surface area contributed by atoms with E-state index in [2.05, 4.69) is 40.4 Å². The Morgan fingerprint density at radius 2 is 2.00 bits per heavy atom. The lowest BCUT2D eigenvalue weighted by molar-refractivity contribution is 1.27. The molecule has 0 radical (unpaired) electrons. The van der Waals surface area contributed by atoms with Crippen molar-refractivity contribution in [1.82, 2.24) is 9.97 Å². The van der Waals surface area contributed by atoms with Gasteiger partial charge in [0.05, 0.1) is 0 Å². The van der Waals surface area contributed by atoms with Crippen LogP contribution in [0.25, 0.3) is 10.8 Å². The minimum atomic E-state index is 0.487. The first-order chi connectivity index (χ1) is 9.22. The van der Waals surface area contributed by atoms with Crippen molar-refractivity contribution < 1.29 is 0 Å². The number of nitrogens with zero attached hydrogens (tertiary/aromatic N) is 2. The second-order valence-electron chi connectivity index (χ2n) is 4.46. The van der Waals surface area contributed by atoms with Crippen LogP contribution in [0.15, 0.2) is 48.7 Å². The molecular weight excluding hydrogens is 236 g/mol. The van der Waals surface area contributed by atoms with E-state index in [4.69, 9.17) is 5.73 Å². The molecule has 3 aromatic rings. The number of aryl methyl sites for hydroxylation is 1. The molecule has 0 fully saturated rings. The van der Waals surface area contributed by atoms with Gasteiger partial charge >= 0.3 is 0 Å². The van der Waals surface area contributed by atoms with E-state index in [1.165, 1.54) is 5.56 Å². The molecule has 0 atom stereocenters. The molecule has 4 nitrogen and oxygen atoms in total. The van der Waals surface area contributed by atoms with Crippen LogP contribution in [0.1, 0.15) is 5.56 Å². The van der Waals surface area contributed by atoms with E-state index < -0.39 is 0 Å². The Labute approximate surface area is 111 Å². The van der Waals surface area contributed by atoms with Gasteiger partial charge in [-0.3, -0.25) is 0 Å². The van der Waals surface area contributed by atoms with Gasteiger partial charge in [0, 0.05) is 11.6 Å². The van der Waals surface area contributed by atoms with Crippen molar-refractivity contribution >= 4 is 28.2 Å².